The lowest BCUT2D eigenvalue weighted by Gasteiger charge is -2.18. The lowest BCUT2D eigenvalue weighted by molar-refractivity contribution is 0.0947. The summed E-state index contributed by atoms with van der Waals surface area (Å²) in [5.41, 5.74) is 1.39. The molecular formula is C22H26N4O2. The van der Waals surface area contributed by atoms with Gasteiger partial charge in [-0.2, -0.15) is 0 Å². The van der Waals surface area contributed by atoms with Gasteiger partial charge < -0.3 is 10.2 Å². The highest BCUT2D eigenvalue weighted by Crippen LogP contribution is 2.13. The van der Waals surface area contributed by atoms with E-state index in [1.807, 2.05) is 42.5 Å². The number of carbonyl (C=O) groups excluding carboxylic acids is 1. The maximum atomic E-state index is 13.1. The van der Waals surface area contributed by atoms with Crippen LogP contribution in [0.25, 0.3) is 11.0 Å². The molecule has 6 nitrogen and oxygen atoms in total. The second kappa shape index (κ2) is 9.28. The molecule has 1 amide bonds. The van der Waals surface area contributed by atoms with Crippen molar-refractivity contribution in [1.29, 1.82) is 0 Å². The maximum Gasteiger partial charge on any atom is 0.265 e. The van der Waals surface area contributed by atoms with Crippen molar-refractivity contribution in [3.05, 3.63) is 76.2 Å². The second-order valence-electron chi connectivity index (χ2n) is 6.63. The first-order valence-corrected chi connectivity index (χ1v) is 9.67. The number of benzene rings is 1. The monoisotopic (exact) mass is 378 g/mol. The quantitative estimate of drug-likeness (QED) is 0.654. The molecule has 1 N–H and O–H groups in total. The molecule has 0 aliphatic rings. The molecular weight excluding hydrogens is 352 g/mol. The van der Waals surface area contributed by atoms with Crippen LogP contribution < -0.4 is 10.9 Å². The third kappa shape index (κ3) is 4.46. The minimum atomic E-state index is -0.343. The molecule has 0 saturated carbocycles. The van der Waals surface area contributed by atoms with Crippen LogP contribution in [0.5, 0.6) is 0 Å². The zero-order valence-corrected chi connectivity index (χ0v) is 16.4. The molecule has 0 atom stereocenters. The van der Waals surface area contributed by atoms with Crippen LogP contribution in [0.3, 0.4) is 0 Å². The Morgan fingerprint density at radius 3 is 2.57 bits per heavy atom. The summed E-state index contributed by atoms with van der Waals surface area (Å²) in [4.78, 5) is 32.4. The maximum absolute atomic E-state index is 13.1. The molecule has 3 aromatic rings. The lowest BCUT2D eigenvalue weighted by atomic mass is 10.1. The van der Waals surface area contributed by atoms with E-state index in [9.17, 15) is 9.59 Å². The minimum Gasteiger partial charge on any atom is -0.351 e. The number of nitrogens with zero attached hydrogens (tertiary/aromatic N) is 3. The molecule has 0 aliphatic carbocycles. The zero-order chi connectivity index (χ0) is 19.9. The Morgan fingerprint density at radius 2 is 1.86 bits per heavy atom. The summed E-state index contributed by atoms with van der Waals surface area (Å²) in [7, 11) is 0. The number of carbonyl (C=O) groups is 1. The van der Waals surface area contributed by atoms with E-state index >= 15 is 0 Å². The van der Waals surface area contributed by atoms with Crippen molar-refractivity contribution in [2.24, 2.45) is 0 Å². The van der Waals surface area contributed by atoms with E-state index in [-0.39, 0.29) is 17.0 Å². The van der Waals surface area contributed by atoms with Gasteiger partial charge in [0.05, 0.1) is 6.54 Å². The van der Waals surface area contributed by atoms with Crippen molar-refractivity contribution in [2.45, 2.75) is 20.4 Å². The Balaban J connectivity index is 1.91. The van der Waals surface area contributed by atoms with Crippen LogP contribution in [0.2, 0.25) is 0 Å². The van der Waals surface area contributed by atoms with Gasteiger partial charge in [-0.05, 0) is 36.9 Å². The van der Waals surface area contributed by atoms with Crippen molar-refractivity contribution in [3.8, 4) is 0 Å². The standard InChI is InChI=1S/C22H26N4O2/c1-3-25(4-2)14-13-24-21(27)19-15-18-11-8-12-23-20(18)26(22(19)28)16-17-9-6-5-7-10-17/h5-12,15H,3-4,13-14,16H2,1-2H3,(H,24,27). The highest BCUT2D eigenvalue weighted by atomic mass is 16.2. The topological polar surface area (TPSA) is 67.2 Å². The predicted molar refractivity (Wildman–Crippen MR) is 112 cm³/mol. The first kappa shape index (κ1) is 19.8. The highest BCUT2D eigenvalue weighted by molar-refractivity contribution is 5.96. The predicted octanol–water partition coefficient (Wildman–Crippen LogP) is 2.52. The Bertz CT molecular complexity index is 994. The van der Waals surface area contributed by atoms with Gasteiger partial charge in [-0.3, -0.25) is 14.2 Å². The van der Waals surface area contributed by atoms with E-state index in [0.29, 0.717) is 18.7 Å². The molecule has 6 heteroatoms. The zero-order valence-electron chi connectivity index (χ0n) is 16.4. The second-order valence-corrected chi connectivity index (χ2v) is 6.63. The number of nitrogens with one attached hydrogen (secondary N) is 1. The van der Waals surface area contributed by atoms with Gasteiger partial charge >= 0.3 is 0 Å². The number of hydrogen-bond acceptors (Lipinski definition) is 4. The normalized spacial score (nSPS) is 11.1. The Hall–Kier alpha value is -2.99. The molecule has 0 fully saturated rings. The van der Waals surface area contributed by atoms with E-state index in [1.54, 1.807) is 16.8 Å². The minimum absolute atomic E-state index is 0.149. The first-order valence-electron chi connectivity index (χ1n) is 9.67. The molecule has 3 rings (SSSR count). The summed E-state index contributed by atoms with van der Waals surface area (Å²) in [6.07, 6.45) is 1.66. The fourth-order valence-electron chi connectivity index (χ4n) is 3.24. The molecule has 1 aromatic carbocycles. The molecule has 0 spiro atoms. The van der Waals surface area contributed by atoms with Crippen LogP contribution >= 0.6 is 0 Å². The van der Waals surface area contributed by atoms with Gasteiger partial charge in [0.25, 0.3) is 11.5 Å². The number of amides is 1. The summed E-state index contributed by atoms with van der Waals surface area (Å²) in [6.45, 7) is 7.66. The van der Waals surface area contributed by atoms with Gasteiger partial charge in [0.1, 0.15) is 11.2 Å². The summed E-state index contributed by atoms with van der Waals surface area (Å²) in [6, 6.07) is 15.0. The largest absolute Gasteiger partial charge is 0.351 e. The average molecular weight is 378 g/mol. The summed E-state index contributed by atoms with van der Waals surface area (Å²) in [5.74, 6) is -0.343. The van der Waals surface area contributed by atoms with E-state index in [4.69, 9.17) is 0 Å². The Kier molecular flexibility index (Phi) is 6.55. The van der Waals surface area contributed by atoms with Crippen molar-refractivity contribution >= 4 is 16.9 Å². The third-order valence-electron chi connectivity index (χ3n) is 4.88. The van der Waals surface area contributed by atoms with Gasteiger partial charge in [-0.25, -0.2) is 4.98 Å². The van der Waals surface area contributed by atoms with Crippen molar-refractivity contribution in [3.63, 3.8) is 0 Å². The molecule has 0 bridgehead atoms. The molecule has 0 aliphatic heterocycles. The number of rotatable bonds is 8. The van der Waals surface area contributed by atoms with Crippen molar-refractivity contribution < 1.29 is 4.79 Å². The number of pyridine rings is 2. The van der Waals surface area contributed by atoms with Crippen LogP contribution in [0, 0.1) is 0 Å². The summed E-state index contributed by atoms with van der Waals surface area (Å²) >= 11 is 0. The average Bonchev–Trinajstić information content (AvgIpc) is 2.73. The van der Waals surface area contributed by atoms with Crippen LogP contribution in [-0.2, 0) is 6.54 Å². The SMILES string of the molecule is CCN(CC)CCNC(=O)c1cc2cccnc2n(Cc2ccccc2)c1=O. The molecule has 2 heterocycles. The summed E-state index contributed by atoms with van der Waals surface area (Å²) in [5, 5.41) is 3.65. The van der Waals surface area contributed by atoms with Crippen LogP contribution in [0.15, 0.2) is 59.5 Å². The van der Waals surface area contributed by atoms with Gasteiger partial charge in [-0.1, -0.05) is 44.2 Å². The van der Waals surface area contributed by atoms with Crippen molar-refractivity contribution in [1.82, 2.24) is 19.8 Å². The summed E-state index contributed by atoms with van der Waals surface area (Å²) < 4.78 is 1.57. The van der Waals surface area contributed by atoms with Crippen LogP contribution in [0.1, 0.15) is 29.8 Å². The number of aromatic nitrogens is 2. The van der Waals surface area contributed by atoms with Gasteiger partial charge in [0, 0.05) is 24.7 Å². The lowest BCUT2D eigenvalue weighted by Crippen LogP contribution is -2.38. The fourth-order valence-corrected chi connectivity index (χ4v) is 3.24. The van der Waals surface area contributed by atoms with Crippen molar-refractivity contribution in [2.75, 3.05) is 26.2 Å². The molecule has 0 saturated heterocycles. The molecule has 146 valence electrons. The smallest absolute Gasteiger partial charge is 0.265 e. The number of fused-ring (bicyclic) bond motifs is 1. The molecule has 28 heavy (non-hydrogen) atoms. The van der Waals surface area contributed by atoms with Crippen LogP contribution in [-0.4, -0.2) is 46.5 Å². The number of likely N-dealkylation sites (N-methyl/N-ethyl adjacent to an activating group) is 1. The van der Waals surface area contributed by atoms with Crippen LogP contribution in [0.4, 0.5) is 0 Å². The molecule has 2 aromatic heterocycles. The Morgan fingerprint density at radius 1 is 1.11 bits per heavy atom. The third-order valence-corrected chi connectivity index (χ3v) is 4.88. The van der Waals surface area contributed by atoms with E-state index in [2.05, 4.69) is 29.0 Å². The number of hydrogen-bond donors (Lipinski definition) is 1. The van der Waals surface area contributed by atoms with Gasteiger partial charge in [-0.15, -0.1) is 0 Å². The van der Waals surface area contributed by atoms with E-state index < -0.39 is 0 Å². The Labute approximate surface area is 164 Å². The van der Waals surface area contributed by atoms with E-state index in [1.165, 1.54) is 0 Å². The fraction of sp³-hybridized carbons (Fsp3) is 0.318. The first-order chi connectivity index (χ1) is 13.6. The van der Waals surface area contributed by atoms with E-state index in [0.717, 1.165) is 30.6 Å². The molecule has 0 unspecified atom stereocenters. The van der Waals surface area contributed by atoms with Gasteiger partial charge in [0.2, 0.25) is 0 Å². The molecule has 0 radical (unpaired) electrons. The van der Waals surface area contributed by atoms with Gasteiger partial charge in [0.15, 0.2) is 0 Å². The highest BCUT2D eigenvalue weighted by Gasteiger charge is 2.16.